The van der Waals surface area contributed by atoms with Crippen LogP contribution in [0.4, 0.5) is 4.39 Å². The van der Waals surface area contributed by atoms with E-state index < -0.39 is 17.4 Å². The van der Waals surface area contributed by atoms with Crippen molar-refractivity contribution < 1.29 is 19.1 Å². The second-order valence-electron chi connectivity index (χ2n) is 4.09. The molecular formula is C8H9FO3. The molecular weight excluding hydrogens is 163 g/mol. The highest BCUT2D eigenvalue weighted by Crippen LogP contribution is 2.71. The maximum absolute atomic E-state index is 12.9. The average molecular weight is 172 g/mol. The quantitative estimate of drug-likeness (QED) is 0.644. The van der Waals surface area contributed by atoms with Gasteiger partial charge < -0.3 is 5.11 Å². The van der Waals surface area contributed by atoms with Crippen molar-refractivity contribution in [2.24, 2.45) is 5.41 Å². The number of aliphatic carboxylic acids is 1. The van der Waals surface area contributed by atoms with Gasteiger partial charge in [-0.2, -0.15) is 0 Å². The lowest BCUT2D eigenvalue weighted by Crippen LogP contribution is -2.65. The van der Waals surface area contributed by atoms with Gasteiger partial charge in [0, 0.05) is 6.42 Å². The van der Waals surface area contributed by atoms with Crippen LogP contribution < -0.4 is 0 Å². The molecule has 0 aromatic rings. The highest BCUT2D eigenvalue weighted by Gasteiger charge is 2.69. The molecule has 3 aliphatic rings. The summed E-state index contributed by atoms with van der Waals surface area (Å²) in [6.45, 7) is 0. The van der Waals surface area contributed by atoms with E-state index in [4.69, 9.17) is 5.11 Å². The minimum Gasteiger partial charge on any atom is -0.476 e. The lowest BCUT2D eigenvalue weighted by Gasteiger charge is -2.65. The third-order valence-corrected chi connectivity index (χ3v) is 2.85. The Morgan fingerprint density at radius 3 is 2.17 bits per heavy atom. The van der Waals surface area contributed by atoms with Crippen molar-refractivity contribution in [1.82, 2.24) is 0 Å². The minimum atomic E-state index is -1.40. The molecule has 3 rings (SSSR count). The molecule has 4 heteroatoms. The molecule has 0 atom stereocenters. The van der Waals surface area contributed by atoms with E-state index in [0.717, 1.165) is 0 Å². The van der Waals surface area contributed by atoms with Gasteiger partial charge in [-0.3, -0.25) is 4.79 Å². The van der Waals surface area contributed by atoms with E-state index in [1.807, 2.05) is 0 Å². The van der Waals surface area contributed by atoms with E-state index in [1.165, 1.54) is 0 Å². The number of halogens is 1. The first kappa shape index (κ1) is 7.71. The average Bonchev–Trinajstić information content (AvgIpc) is 1.81. The van der Waals surface area contributed by atoms with E-state index >= 15 is 0 Å². The number of Topliss-reactive ketones (excluding diaryl/α,β-unsaturated/α-hetero) is 1. The van der Waals surface area contributed by atoms with Crippen molar-refractivity contribution in [3.8, 4) is 0 Å². The van der Waals surface area contributed by atoms with Crippen LogP contribution in [0.25, 0.3) is 0 Å². The topological polar surface area (TPSA) is 54.4 Å². The van der Waals surface area contributed by atoms with Gasteiger partial charge in [0.2, 0.25) is 5.78 Å². The molecule has 0 aromatic carbocycles. The molecule has 3 fully saturated rings. The standard InChI is InChI=1S/C8H9FO3/c9-8-2-7(3-8,4-8)1-5(10)6(11)12/h1-4H2,(H,11,12). The minimum absolute atomic E-state index is 0.0218. The van der Waals surface area contributed by atoms with Crippen LogP contribution >= 0.6 is 0 Å². The van der Waals surface area contributed by atoms with E-state index in [1.54, 1.807) is 0 Å². The number of carboxylic acids is 1. The van der Waals surface area contributed by atoms with Crippen molar-refractivity contribution in [2.75, 3.05) is 0 Å². The molecule has 0 amide bonds. The number of carboxylic acid groups (broad SMARTS) is 1. The first-order valence-electron chi connectivity index (χ1n) is 3.90. The number of carbonyl (C=O) groups excluding carboxylic acids is 1. The van der Waals surface area contributed by atoms with Crippen LogP contribution in [0.1, 0.15) is 25.7 Å². The van der Waals surface area contributed by atoms with Gasteiger partial charge in [-0.05, 0) is 24.7 Å². The molecule has 3 aliphatic carbocycles. The summed E-state index contributed by atoms with van der Waals surface area (Å²) in [5.74, 6) is -2.18. The maximum atomic E-state index is 12.9. The van der Waals surface area contributed by atoms with Crippen molar-refractivity contribution >= 4 is 11.8 Å². The van der Waals surface area contributed by atoms with Gasteiger partial charge >= 0.3 is 5.97 Å². The van der Waals surface area contributed by atoms with E-state index in [0.29, 0.717) is 19.3 Å². The number of hydrogen-bond donors (Lipinski definition) is 1. The van der Waals surface area contributed by atoms with Gasteiger partial charge in [0.25, 0.3) is 0 Å². The number of alkyl halides is 1. The third kappa shape index (κ3) is 0.869. The smallest absolute Gasteiger partial charge is 0.372 e. The maximum Gasteiger partial charge on any atom is 0.372 e. The van der Waals surface area contributed by atoms with Gasteiger partial charge in [-0.25, -0.2) is 9.18 Å². The summed E-state index contributed by atoms with van der Waals surface area (Å²) in [6.07, 6.45) is 1.19. The summed E-state index contributed by atoms with van der Waals surface area (Å²) < 4.78 is 12.9. The summed E-state index contributed by atoms with van der Waals surface area (Å²) in [4.78, 5) is 20.9. The summed E-state index contributed by atoms with van der Waals surface area (Å²) in [5, 5.41) is 8.30. The summed E-state index contributed by atoms with van der Waals surface area (Å²) >= 11 is 0. The number of carbonyl (C=O) groups is 2. The predicted octanol–water partition coefficient (Wildman–Crippen LogP) is 0.922. The van der Waals surface area contributed by atoms with Crippen LogP contribution in [0.15, 0.2) is 0 Å². The fourth-order valence-electron chi connectivity index (χ4n) is 2.46. The van der Waals surface area contributed by atoms with Crippen LogP contribution in [-0.4, -0.2) is 22.5 Å². The largest absolute Gasteiger partial charge is 0.476 e. The Morgan fingerprint density at radius 2 is 1.83 bits per heavy atom. The lowest BCUT2D eigenvalue weighted by atomic mass is 9.41. The SMILES string of the molecule is O=C(O)C(=O)CC12CC(F)(C1)C2. The van der Waals surface area contributed by atoms with Crippen LogP contribution in [0.2, 0.25) is 0 Å². The van der Waals surface area contributed by atoms with Crippen molar-refractivity contribution in [3.63, 3.8) is 0 Å². The van der Waals surface area contributed by atoms with Gasteiger partial charge in [-0.15, -0.1) is 0 Å². The number of rotatable bonds is 3. The molecule has 0 aromatic heterocycles. The zero-order valence-corrected chi connectivity index (χ0v) is 6.47. The van der Waals surface area contributed by atoms with E-state index in [9.17, 15) is 14.0 Å². The number of hydrogen-bond acceptors (Lipinski definition) is 2. The Kier molecular flexibility index (Phi) is 1.20. The van der Waals surface area contributed by atoms with E-state index in [2.05, 4.69) is 0 Å². The Morgan fingerprint density at radius 1 is 1.33 bits per heavy atom. The Labute approximate surface area is 68.6 Å². The fourth-order valence-corrected chi connectivity index (χ4v) is 2.46. The Balaban J connectivity index is 1.90. The predicted molar refractivity (Wildman–Crippen MR) is 37.4 cm³/mol. The molecule has 0 spiro atoms. The van der Waals surface area contributed by atoms with Gasteiger partial charge in [0.15, 0.2) is 0 Å². The molecule has 0 saturated heterocycles. The van der Waals surface area contributed by atoms with Crippen molar-refractivity contribution in [3.05, 3.63) is 0 Å². The molecule has 3 saturated carbocycles. The second-order valence-corrected chi connectivity index (χ2v) is 4.09. The zero-order chi connectivity index (χ0) is 8.98. The normalized spacial score (nSPS) is 42.8. The molecule has 2 bridgehead atoms. The second kappa shape index (κ2) is 1.87. The lowest BCUT2D eigenvalue weighted by molar-refractivity contribution is -0.216. The molecule has 12 heavy (non-hydrogen) atoms. The van der Waals surface area contributed by atoms with Gasteiger partial charge in [-0.1, -0.05) is 0 Å². The van der Waals surface area contributed by atoms with Gasteiger partial charge in [0.1, 0.15) is 5.67 Å². The van der Waals surface area contributed by atoms with Crippen LogP contribution in [0, 0.1) is 5.41 Å². The monoisotopic (exact) mass is 172 g/mol. The Bertz CT molecular complexity index is 252. The zero-order valence-electron chi connectivity index (χ0n) is 6.47. The first-order chi connectivity index (χ1) is 5.45. The molecule has 0 unspecified atom stereocenters. The first-order valence-corrected chi connectivity index (χ1v) is 3.90. The van der Waals surface area contributed by atoms with Crippen LogP contribution in [0.3, 0.4) is 0 Å². The van der Waals surface area contributed by atoms with Crippen LogP contribution in [0.5, 0.6) is 0 Å². The molecule has 0 heterocycles. The molecule has 0 aliphatic heterocycles. The van der Waals surface area contributed by atoms with Crippen LogP contribution in [-0.2, 0) is 9.59 Å². The molecule has 1 N–H and O–H groups in total. The Hall–Kier alpha value is -0.930. The van der Waals surface area contributed by atoms with E-state index in [-0.39, 0.29) is 11.8 Å². The summed E-state index contributed by atoms with van der Waals surface area (Å²) in [5.41, 5.74) is -1.32. The highest BCUT2D eigenvalue weighted by molar-refractivity contribution is 6.32. The molecule has 3 nitrogen and oxygen atoms in total. The molecule has 0 radical (unpaired) electrons. The van der Waals surface area contributed by atoms with Crippen molar-refractivity contribution in [1.29, 1.82) is 0 Å². The summed E-state index contributed by atoms with van der Waals surface area (Å²) in [7, 11) is 0. The third-order valence-electron chi connectivity index (χ3n) is 2.85. The van der Waals surface area contributed by atoms with Gasteiger partial charge in [0.05, 0.1) is 0 Å². The fraction of sp³-hybridized carbons (Fsp3) is 0.750. The summed E-state index contributed by atoms with van der Waals surface area (Å²) in [6, 6.07) is 0. The number of ketones is 1. The molecule has 66 valence electrons. The highest BCUT2D eigenvalue weighted by atomic mass is 19.1. The van der Waals surface area contributed by atoms with Crippen molar-refractivity contribution in [2.45, 2.75) is 31.4 Å².